The number of fused-ring (bicyclic) bond motifs is 1. The number of anilines is 2. The van der Waals surface area contributed by atoms with Crippen LogP contribution in [0.25, 0.3) is 0 Å². The lowest BCUT2D eigenvalue weighted by molar-refractivity contribution is -0.123. The first-order chi connectivity index (χ1) is 12.9. The predicted octanol–water partition coefficient (Wildman–Crippen LogP) is 2.44. The summed E-state index contributed by atoms with van der Waals surface area (Å²) < 4.78 is 0. The number of rotatable bonds is 8. The lowest BCUT2D eigenvalue weighted by Gasteiger charge is -2.30. The van der Waals surface area contributed by atoms with Gasteiger partial charge in [0.15, 0.2) is 0 Å². The van der Waals surface area contributed by atoms with Crippen molar-refractivity contribution in [2.45, 2.75) is 32.7 Å². The number of carbonyl (C=O) groups excluding carboxylic acids is 3. The summed E-state index contributed by atoms with van der Waals surface area (Å²) in [5.74, 6) is 0.797. The van der Waals surface area contributed by atoms with Crippen molar-refractivity contribution in [1.29, 1.82) is 0 Å². The smallest absolute Gasteiger partial charge is 0.323 e. The largest absolute Gasteiger partial charge is 0.354 e. The summed E-state index contributed by atoms with van der Waals surface area (Å²) in [5, 5.41) is 8.45. The molecule has 1 aliphatic heterocycles. The average Bonchev–Trinajstić information content (AvgIpc) is 2.63. The Balaban J connectivity index is 2.06. The van der Waals surface area contributed by atoms with Crippen molar-refractivity contribution in [2.75, 3.05) is 35.3 Å². The van der Waals surface area contributed by atoms with E-state index >= 15 is 0 Å². The summed E-state index contributed by atoms with van der Waals surface area (Å²) in [5.41, 5.74) is 1.21. The second kappa shape index (κ2) is 10.2. The van der Waals surface area contributed by atoms with Gasteiger partial charge >= 0.3 is 6.03 Å². The highest BCUT2D eigenvalue weighted by atomic mass is 32.2. The van der Waals surface area contributed by atoms with Gasteiger partial charge in [-0.1, -0.05) is 26.0 Å². The van der Waals surface area contributed by atoms with Crippen molar-refractivity contribution >= 4 is 41.0 Å². The SMILES string of the molecule is CSCC[C@H](NC(=O)N1CC(=O)Nc2ccccc21)C(=O)NCCC(C)C. The maximum atomic E-state index is 12.8. The Morgan fingerprint density at radius 2 is 2.00 bits per heavy atom. The molecule has 0 spiro atoms. The number of amides is 4. The Morgan fingerprint density at radius 1 is 1.26 bits per heavy atom. The third-order valence-corrected chi connectivity index (χ3v) is 4.91. The number of para-hydroxylation sites is 2. The molecule has 1 aromatic rings. The van der Waals surface area contributed by atoms with Gasteiger partial charge in [0.1, 0.15) is 12.6 Å². The number of hydrogen-bond donors (Lipinski definition) is 3. The maximum absolute atomic E-state index is 12.8. The summed E-state index contributed by atoms with van der Waals surface area (Å²) in [6.07, 6.45) is 3.37. The van der Waals surface area contributed by atoms with Gasteiger partial charge in [-0.3, -0.25) is 14.5 Å². The molecule has 1 aliphatic rings. The molecule has 7 nitrogen and oxygen atoms in total. The number of thioether (sulfide) groups is 1. The number of nitrogens with zero attached hydrogens (tertiary/aromatic N) is 1. The molecule has 1 heterocycles. The Hall–Kier alpha value is -2.22. The van der Waals surface area contributed by atoms with Crippen LogP contribution in [0.2, 0.25) is 0 Å². The molecular formula is C19H28N4O3S. The zero-order chi connectivity index (χ0) is 19.8. The minimum Gasteiger partial charge on any atom is -0.354 e. The van der Waals surface area contributed by atoms with Gasteiger partial charge in [0, 0.05) is 6.54 Å². The highest BCUT2D eigenvalue weighted by Gasteiger charge is 2.29. The number of nitrogens with one attached hydrogen (secondary N) is 3. The molecule has 8 heteroatoms. The Bertz CT molecular complexity index is 681. The van der Waals surface area contributed by atoms with E-state index in [9.17, 15) is 14.4 Å². The maximum Gasteiger partial charge on any atom is 0.323 e. The Morgan fingerprint density at radius 3 is 2.70 bits per heavy atom. The van der Waals surface area contributed by atoms with Gasteiger partial charge in [-0.2, -0.15) is 11.8 Å². The third-order valence-electron chi connectivity index (χ3n) is 4.26. The molecule has 0 unspecified atom stereocenters. The van der Waals surface area contributed by atoms with E-state index in [1.54, 1.807) is 36.0 Å². The van der Waals surface area contributed by atoms with Crippen LogP contribution in [0.15, 0.2) is 24.3 Å². The van der Waals surface area contributed by atoms with Crippen molar-refractivity contribution in [3.8, 4) is 0 Å². The topological polar surface area (TPSA) is 90.5 Å². The van der Waals surface area contributed by atoms with Crippen molar-refractivity contribution in [3.63, 3.8) is 0 Å². The second-order valence-electron chi connectivity index (χ2n) is 6.91. The fourth-order valence-electron chi connectivity index (χ4n) is 2.75. The Labute approximate surface area is 164 Å². The van der Waals surface area contributed by atoms with E-state index < -0.39 is 12.1 Å². The molecule has 27 heavy (non-hydrogen) atoms. The molecular weight excluding hydrogens is 364 g/mol. The molecule has 0 bridgehead atoms. The summed E-state index contributed by atoms with van der Waals surface area (Å²) in [6, 6.07) is 6.05. The van der Waals surface area contributed by atoms with E-state index in [-0.39, 0.29) is 18.4 Å². The molecule has 1 atom stereocenters. The summed E-state index contributed by atoms with van der Waals surface area (Å²) in [4.78, 5) is 38.6. The van der Waals surface area contributed by atoms with Gasteiger partial charge in [-0.15, -0.1) is 0 Å². The highest BCUT2D eigenvalue weighted by Crippen LogP contribution is 2.28. The molecule has 0 saturated carbocycles. The van der Waals surface area contributed by atoms with Crippen molar-refractivity contribution < 1.29 is 14.4 Å². The van der Waals surface area contributed by atoms with Crippen LogP contribution in [0.5, 0.6) is 0 Å². The normalized spacial score (nSPS) is 14.4. The number of hydrogen-bond acceptors (Lipinski definition) is 4. The van der Waals surface area contributed by atoms with E-state index in [0.29, 0.717) is 30.3 Å². The summed E-state index contributed by atoms with van der Waals surface area (Å²) in [6.45, 7) is 4.69. The number of carbonyl (C=O) groups is 3. The minimum atomic E-state index is -0.630. The fraction of sp³-hybridized carbons (Fsp3) is 0.526. The monoisotopic (exact) mass is 392 g/mol. The van der Waals surface area contributed by atoms with Crippen LogP contribution in [0.3, 0.4) is 0 Å². The van der Waals surface area contributed by atoms with Crippen LogP contribution >= 0.6 is 11.8 Å². The molecule has 148 valence electrons. The molecule has 0 saturated heterocycles. The first kappa shape index (κ1) is 21.1. The number of urea groups is 1. The minimum absolute atomic E-state index is 0.0763. The van der Waals surface area contributed by atoms with E-state index in [1.165, 1.54) is 4.90 Å². The van der Waals surface area contributed by atoms with Crippen molar-refractivity contribution in [2.24, 2.45) is 5.92 Å². The standard InChI is InChI=1S/C19H28N4O3S/c1-13(2)8-10-20-18(25)15(9-11-27-3)22-19(26)23-12-17(24)21-14-6-4-5-7-16(14)23/h4-7,13,15H,8-12H2,1-3H3,(H,20,25)(H,21,24)(H,22,26)/t15-/m0/s1. The third kappa shape index (κ3) is 6.16. The first-order valence-corrected chi connectivity index (χ1v) is 10.5. The molecule has 0 aliphatic carbocycles. The van der Waals surface area contributed by atoms with E-state index in [4.69, 9.17) is 0 Å². The van der Waals surface area contributed by atoms with Gasteiger partial charge in [0.25, 0.3) is 0 Å². The molecule has 0 aromatic heterocycles. The molecule has 3 N–H and O–H groups in total. The molecule has 0 fully saturated rings. The second-order valence-corrected chi connectivity index (χ2v) is 7.89. The van der Waals surface area contributed by atoms with Crippen LogP contribution < -0.4 is 20.9 Å². The van der Waals surface area contributed by atoms with Crippen LogP contribution in [-0.2, 0) is 9.59 Å². The molecule has 2 rings (SSSR count). The van der Waals surface area contributed by atoms with Gasteiger partial charge in [0.2, 0.25) is 11.8 Å². The van der Waals surface area contributed by atoms with Crippen LogP contribution in [0.1, 0.15) is 26.7 Å². The molecule has 1 aromatic carbocycles. The van der Waals surface area contributed by atoms with Gasteiger partial charge < -0.3 is 16.0 Å². The zero-order valence-electron chi connectivity index (χ0n) is 16.1. The number of benzene rings is 1. The molecule has 4 amide bonds. The first-order valence-electron chi connectivity index (χ1n) is 9.16. The Kier molecular flexibility index (Phi) is 7.97. The average molecular weight is 393 g/mol. The van der Waals surface area contributed by atoms with E-state index in [0.717, 1.165) is 12.2 Å². The van der Waals surface area contributed by atoms with E-state index in [1.807, 2.05) is 6.26 Å². The van der Waals surface area contributed by atoms with Gasteiger partial charge in [-0.25, -0.2) is 4.79 Å². The van der Waals surface area contributed by atoms with Crippen LogP contribution in [0, 0.1) is 5.92 Å². The van der Waals surface area contributed by atoms with Crippen molar-refractivity contribution in [3.05, 3.63) is 24.3 Å². The lowest BCUT2D eigenvalue weighted by atomic mass is 10.1. The lowest BCUT2D eigenvalue weighted by Crippen LogP contribution is -2.54. The van der Waals surface area contributed by atoms with E-state index in [2.05, 4.69) is 29.8 Å². The predicted molar refractivity (Wildman–Crippen MR) is 110 cm³/mol. The fourth-order valence-corrected chi connectivity index (χ4v) is 3.22. The summed E-state index contributed by atoms with van der Waals surface area (Å²) in [7, 11) is 0. The van der Waals surface area contributed by atoms with Gasteiger partial charge in [-0.05, 0) is 42.9 Å². The van der Waals surface area contributed by atoms with Gasteiger partial charge in [0.05, 0.1) is 11.4 Å². The molecule has 0 radical (unpaired) electrons. The van der Waals surface area contributed by atoms with Crippen LogP contribution in [-0.4, -0.2) is 49.0 Å². The quantitative estimate of drug-likeness (QED) is 0.634. The highest BCUT2D eigenvalue weighted by molar-refractivity contribution is 7.98. The van der Waals surface area contributed by atoms with Crippen LogP contribution in [0.4, 0.5) is 16.2 Å². The zero-order valence-corrected chi connectivity index (χ0v) is 16.9. The summed E-state index contributed by atoms with van der Waals surface area (Å²) >= 11 is 1.62. The van der Waals surface area contributed by atoms with Crippen molar-refractivity contribution in [1.82, 2.24) is 10.6 Å².